The van der Waals surface area contributed by atoms with Crippen molar-refractivity contribution < 1.29 is 4.92 Å². The second-order valence-electron chi connectivity index (χ2n) is 4.00. The van der Waals surface area contributed by atoms with Crippen molar-refractivity contribution in [2.75, 3.05) is 27.2 Å². The quantitative estimate of drug-likeness (QED) is 0.574. The topological polar surface area (TPSA) is 62.0 Å². The van der Waals surface area contributed by atoms with Gasteiger partial charge in [0.25, 0.3) is 5.69 Å². The van der Waals surface area contributed by atoms with E-state index in [4.69, 9.17) is 0 Å². The van der Waals surface area contributed by atoms with Crippen LogP contribution in [0.3, 0.4) is 0 Å². The molecule has 6 heteroatoms. The number of aliphatic imine (C=N–C) groups is 1. The molecule has 6 nitrogen and oxygen atoms in total. The number of hydrogen-bond acceptors (Lipinski definition) is 3. The first-order chi connectivity index (χ1) is 8.09. The average molecular weight is 234 g/mol. The van der Waals surface area contributed by atoms with Gasteiger partial charge in [0.1, 0.15) is 5.69 Å². The average Bonchev–Trinajstić information content (AvgIpc) is 2.61. The molecule has 90 valence electrons. The zero-order valence-corrected chi connectivity index (χ0v) is 9.83. The Hall–Kier alpha value is -2.11. The number of rotatable bonds is 2. The van der Waals surface area contributed by atoms with Crippen molar-refractivity contribution in [3.63, 3.8) is 0 Å². The minimum atomic E-state index is -0.408. The van der Waals surface area contributed by atoms with Crippen molar-refractivity contribution in [2.24, 2.45) is 4.99 Å². The molecule has 0 bridgehead atoms. The zero-order chi connectivity index (χ0) is 12.4. The van der Waals surface area contributed by atoms with Crippen LogP contribution in [0.25, 0.3) is 0 Å². The summed E-state index contributed by atoms with van der Waals surface area (Å²) >= 11 is 0. The molecule has 1 saturated heterocycles. The van der Waals surface area contributed by atoms with Gasteiger partial charge in [0.2, 0.25) is 5.96 Å². The van der Waals surface area contributed by atoms with Gasteiger partial charge in [-0.3, -0.25) is 10.1 Å². The fraction of sp³-hybridized carbons (Fsp3) is 0.364. The van der Waals surface area contributed by atoms with Gasteiger partial charge in [-0.05, 0) is 6.07 Å². The summed E-state index contributed by atoms with van der Waals surface area (Å²) in [6, 6.07) is 6.52. The van der Waals surface area contributed by atoms with Crippen LogP contribution in [0.2, 0.25) is 0 Å². The summed E-state index contributed by atoms with van der Waals surface area (Å²) in [5.74, 6) is 0.763. The highest BCUT2D eigenvalue weighted by Crippen LogP contribution is 2.27. The van der Waals surface area contributed by atoms with Crippen molar-refractivity contribution in [3.8, 4) is 0 Å². The van der Waals surface area contributed by atoms with E-state index >= 15 is 0 Å². The normalized spacial score (nSPS) is 15.3. The van der Waals surface area contributed by atoms with Gasteiger partial charge in [-0.15, -0.1) is 0 Å². The SMILES string of the molecule is CN1CCN(C)C1=Nc1ccccc1[N+](=O)[O-]. The lowest BCUT2D eigenvalue weighted by molar-refractivity contribution is -0.384. The first kappa shape index (κ1) is 11.4. The Morgan fingerprint density at radius 1 is 1.24 bits per heavy atom. The van der Waals surface area contributed by atoms with Gasteiger partial charge in [-0.25, -0.2) is 4.99 Å². The number of nitro groups is 1. The molecule has 1 fully saturated rings. The Bertz CT molecular complexity index is 460. The van der Waals surface area contributed by atoms with Crippen LogP contribution in [0.15, 0.2) is 29.3 Å². The lowest BCUT2D eigenvalue weighted by Gasteiger charge is -2.15. The van der Waals surface area contributed by atoms with E-state index in [1.54, 1.807) is 18.2 Å². The molecule has 0 aliphatic carbocycles. The minimum absolute atomic E-state index is 0.0358. The Morgan fingerprint density at radius 2 is 1.82 bits per heavy atom. The molecule has 1 aliphatic heterocycles. The summed E-state index contributed by atoms with van der Waals surface area (Å²) in [5.41, 5.74) is 0.432. The molecular formula is C11H14N4O2. The maximum atomic E-state index is 10.9. The highest BCUT2D eigenvalue weighted by Gasteiger charge is 2.21. The van der Waals surface area contributed by atoms with Crippen molar-refractivity contribution in [3.05, 3.63) is 34.4 Å². The summed E-state index contributed by atoms with van der Waals surface area (Å²) in [6.07, 6.45) is 0. The minimum Gasteiger partial charge on any atom is -0.344 e. The highest BCUT2D eigenvalue weighted by atomic mass is 16.6. The Balaban J connectivity index is 2.41. The molecular weight excluding hydrogens is 220 g/mol. The van der Waals surface area contributed by atoms with Crippen LogP contribution in [-0.2, 0) is 0 Å². The molecule has 2 rings (SSSR count). The second kappa shape index (κ2) is 4.40. The Morgan fingerprint density at radius 3 is 2.41 bits per heavy atom. The standard InChI is InChI=1S/C11H14N4O2/c1-13-7-8-14(2)11(13)12-9-5-3-4-6-10(9)15(16)17/h3-6H,7-8H2,1-2H3. The molecule has 0 saturated carbocycles. The Kier molecular flexibility index (Phi) is 2.95. The molecule has 1 aromatic rings. The van der Waals surface area contributed by atoms with Crippen LogP contribution in [0, 0.1) is 10.1 Å². The van der Waals surface area contributed by atoms with Crippen LogP contribution in [0.4, 0.5) is 11.4 Å². The fourth-order valence-electron chi connectivity index (χ4n) is 1.78. The molecule has 0 unspecified atom stereocenters. The lowest BCUT2D eigenvalue weighted by Crippen LogP contribution is -2.27. The zero-order valence-electron chi connectivity index (χ0n) is 9.83. The van der Waals surface area contributed by atoms with Gasteiger partial charge < -0.3 is 9.80 Å². The summed E-state index contributed by atoms with van der Waals surface area (Å²) in [4.78, 5) is 18.8. The van der Waals surface area contributed by atoms with Crippen molar-refractivity contribution in [2.45, 2.75) is 0 Å². The van der Waals surface area contributed by atoms with E-state index in [2.05, 4.69) is 4.99 Å². The molecule has 0 radical (unpaired) electrons. The van der Waals surface area contributed by atoms with E-state index in [-0.39, 0.29) is 5.69 Å². The number of para-hydroxylation sites is 2. The molecule has 1 aliphatic rings. The molecule has 0 amide bonds. The largest absolute Gasteiger partial charge is 0.344 e. The first-order valence-electron chi connectivity index (χ1n) is 5.34. The van der Waals surface area contributed by atoms with E-state index in [1.807, 2.05) is 23.9 Å². The number of guanidine groups is 1. The number of benzene rings is 1. The van der Waals surface area contributed by atoms with Crippen molar-refractivity contribution in [1.82, 2.24) is 9.80 Å². The summed E-state index contributed by atoms with van der Waals surface area (Å²) in [7, 11) is 3.86. The van der Waals surface area contributed by atoms with Crippen LogP contribution >= 0.6 is 0 Å². The van der Waals surface area contributed by atoms with Gasteiger partial charge in [-0.1, -0.05) is 12.1 Å². The summed E-state index contributed by atoms with van der Waals surface area (Å²) in [5, 5.41) is 10.9. The third-order valence-electron chi connectivity index (χ3n) is 2.75. The molecule has 17 heavy (non-hydrogen) atoms. The molecule has 0 atom stereocenters. The van der Waals surface area contributed by atoms with Gasteiger partial charge >= 0.3 is 0 Å². The van der Waals surface area contributed by atoms with Crippen LogP contribution < -0.4 is 0 Å². The van der Waals surface area contributed by atoms with Crippen LogP contribution in [-0.4, -0.2) is 47.9 Å². The third-order valence-corrected chi connectivity index (χ3v) is 2.75. The summed E-state index contributed by atoms with van der Waals surface area (Å²) in [6.45, 7) is 1.77. The molecule has 0 aromatic heterocycles. The third kappa shape index (κ3) is 2.20. The van der Waals surface area contributed by atoms with E-state index in [0.717, 1.165) is 19.0 Å². The van der Waals surface area contributed by atoms with Crippen molar-refractivity contribution >= 4 is 17.3 Å². The molecule has 1 heterocycles. The first-order valence-corrected chi connectivity index (χ1v) is 5.34. The van der Waals surface area contributed by atoms with E-state index in [9.17, 15) is 10.1 Å². The van der Waals surface area contributed by atoms with E-state index in [1.165, 1.54) is 6.07 Å². The van der Waals surface area contributed by atoms with E-state index < -0.39 is 4.92 Å². The Labute approximate surface area is 99.3 Å². The monoisotopic (exact) mass is 234 g/mol. The maximum Gasteiger partial charge on any atom is 0.294 e. The summed E-state index contributed by atoms with van der Waals surface area (Å²) < 4.78 is 0. The predicted molar refractivity (Wildman–Crippen MR) is 65.5 cm³/mol. The van der Waals surface area contributed by atoms with E-state index in [0.29, 0.717) is 5.69 Å². The number of nitro benzene ring substituents is 1. The number of nitrogens with zero attached hydrogens (tertiary/aromatic N) is 4. The fourth-order valence-corrected chi connectivity index (χ4v) is 1.78. The highest BCUT2D eigenvalue weighted by molar-refractivity contribution is 5.85. The van der Waals surface area contributed by atoms with Gasteiger partial charge in [0, 0.05) is 33.3 Å². The maximum absolute atomic E-state index is 10.9. The molecule has 1 aromatic carbocycles. The lowest BCUT2D eigenvalue weighted by atomic mass is 10.3. The van der Waals surface area contributed by atoms with Gasteiger partial charge in [-0.2, -0.15) is 0 Å². The molecule has 0 spiro atoms. The molecule has 0 N–H and O–H groups in total. The number of hydrogen-bond donors (Lipinski definition) is 0. The predicted octanol–water partition coefficient (Wildman–Crippen LogP) is 1.46. The smallest absolute Gasteiger partial charge is 0.294 e. The number of likely N-dealkylation sites (N-methyl/N-ethyl adjacent to an activating group) is 2. The van der Waals surface area contributed by atoms with Crippen molar-refractivity contribution in [1.29, 1.82) is 0 Å². The second-order valence-corrected chi connectivity index (χ2v) is 4.00. The van der Waals surface area contributed by atoms with Crippen LogP contribution in [0.1, 0.15) is 0 Å². The van der Waals surface area contributed by atoms with Gasteiger partial charge in [0.15, 0.2) is 0 Å². The van der Waals surface area contributed by atoms with Crippen LogP contribution in [0.5, 0.6) is 0 Å². The van der Waals surface area contributed by atoms with Gasteiger partial charge in [0.05, 0.1) is 4.92 Å².